The lowest BCUT2D eigenvalue weighted by Gasteiger charge is -2.03. The van der Waals surface area contributed by atoms with Crippen molar-refractivity contribution in [3.05, 3.63) is 15.6 Å². The van der Waals surface area contributed by atoms with Crippen molar-refractivity contribution in [2.75, 3.05) is 14.2 Å². The number of hydrogen-bond donors (Lipinski definition) is 1. The second-order valence-corrected chi connectivity index (χ2v) is 3.95. The van der Waals surface area contributed by atoms with Gasteiger partial charge in [-0.15, -0.1) is 11.3 Å². The molecule has 0 aliphatic heterocycles. The summed E-state index contributed by atoms with van der Waals surface area (Å²) in [5, 5.41) is 3.42. The van der Waals surface area contributed by atoms with E-state index in [1.807, 2.05) is 13.8 Å². The Morgan fingerprint density at radius 2 is 2.29 bits per heavy atom. The molecule has 14 heavy (non-hydrogen) atoms. The Hall–Kier alpha value is -0.940. The predicted octanol–water partition coefficient (Wildman–Crippen LogP) is 1.52. The van der Waals surface area contributed by atoms with Crippen LogP contribution < -0.4 is 5.32 Å². The van der Waals surface area contributed by atoms with Gasteiger partial charge in [0.25, 0.3) is 5.91 Å². The Balaban J connectivity index is 2.98. The second-order valence-electron chi connectivity index (χ2n) is 2.92. The number of carbonyl (C=O) groups excluding carboxylic acids is 1. The normalized spacial score (nSPS) is 12.6. The minimum atomic E-state index is -0.0884. The van der Waals surface area contributed by atoms with Crippen molar-refractivity contribution in [1.29, 1.82) is 0 Å². The van der Waals surface area contributed by atoms with E-state index in [9.17, 15) is 4.79 Å². The Kier molecular flexibility index (Phi) is 3.60. The topological polar surface area (TPSA) is 51.2 Å². The van der Waals surface area contributed by atoms with E-state index < -0.39 is 0 Å². The minimum absolute atomic E-state index is 0.0582. The van der Waals surface area contributed by atoms with Gasteiger partial charge in [0, 0.05) is 14.2 Å². The van der Waals surface area contributed by atoms with Gasteiger partial charge >= 0.3 is 0 Å². The highest BCUT2D eigenvalue weighted by atomic mass is 32.1. The van der Waals surface area contributed by atoms with E-state index in [0.717, 1.165) is 10.7 Å². The first-order chi connectivity index (χ1) is 6.60. The number of ether oxygens (including phenoxy) is 1. The number of hydrogen-bond acceptors (Lipinski definition) is 4. The van der Waals surface area contributed by atoms with Crippen molar-refractivity contribution in [3.8, 4) is 0 Å². The molecule has 78 valence electrons. The minimum Gasteiger partial charge on any atom is -0.375 e. The van der Waals surface area contributed by atoms with E-state index in [1.54, 1.807) is 14.2 Å². The largest absolute Gasteiger partial charge is 0.375 e. The summed E-state index contributed by atoms with van der Waals surface area (Å²) in [7, 11) is 3.24. The number of aryl methyl sites for hydroxylation is 1. The second kappa shape index (κ2) is 4.52. The number of aromatic nitrogens is 1. The number of methoxy groups -OCH3 is 1. The number of amides is 1. The van der Waals surface area contributed by atoms with E-state index in [0.29, 0.717) is 4.88 Å². The molecule has 0 saturated carbocycles. The van der Waals surface area contributed by atoms with E-state index in [-0.39, 0.29) is 12.0 Å². The standard InChI is InChI=1S/C9H14N2O2S/c1-5-7(8(12)10-3)14-9(11-5)6(2)13-4/h6H,1-4H3,(H,10,12). The van der Waals surface area contributed by atoms with Crippen LogP contribution in [0.5, 0.6) is 0 Å². The van der Waals surface area contributed by atoms with Crippen LogP contribution in [0.4, 0.5) is 0 Å². The maximum absolute atomic E-state index is 11.4. The maximum Gasteiger partial charge on any atom is 0.263 e. The quantitative estimate of drug-likeness (QED) is 0.830. The summed E-state index contributed by atoms with van der Waals surface area (Å²) in [5.41, 5.74) is 0.758. The smallest absolute Gasteiger partial charge is 0.263 e. The molecular weight excluding hydrogens is 200 g/mol. The van der Waals surface area contributed by atoms with Crippen molar-refractivity contribution in [3.63, 3.8) is 0 Å². The van der Waals surface area contributed by atoms with E-state index >= 15 is 0 Å². The number of rotatable bonds is 3. The van der Waals surface area contributed by atoms with Gasteiger partial charge in [-0.2, -0.15) is 0 Å². The van der Waals surface area contributed by atoms with Crippen molar-refractivity contribution in [2.24, 2.45) is 0 Å². The van der Waals surface area contributed by atoms with Gasteiger partial charge in [0.15, 0.2) is 0 Å². The zero-order valence-electron chi connectivity index (χ0n) is 8.75. The highest BCUT2D eigenvalue weighted by molar-refractivity contribution is 7.13. The molecule has 0 bridgehead atoms. The van der Waals surface area contributed by atoms with Crippen molar-refractivity contribution in [2.45, 2.75) is 20.0 Å². The Morgan fingerprint density at radius 3 is 2.79 bits per heavy atom. The van der Waals surface area contributed by atoms with Gasteiger partial charge in [0.2, 0.25) is 0 Å². The highest BCUT2D eigenvalue weighted by Crippen LogP contribution is 2.24. The molecule has 1 N–H and O–H groups in total. The molecule has 0 aliphatic rings. The van der Waals surface area contributed by atoms with E-state index in [1.165, 1.54) is 11.3 Å². The molecule has 1 aromatic rings. The average Bonchev–Trinajstić information content (AvgIpc) is 2.58. The summed E-state index contributed by atoms with van der Waals surface area (Å²) in [6.45, 7) is 3.73. The van der Waals surface area contributed by atoms with E-state index in [2.05, 4.69) is 10.3 Å². The molecular formula is C9H14N2O2S. The van der Waals surface area contributed by atoms with Gasteiger partial charge in [-0.3, -0.25) is 4.79 Å². The summed E-state index contributed by atoms with van der Waals surface area (Å²) in [4.78, 5) is 16.3. The third-order valence-electron chi connectivity index (χ3n) is 1.95. The van der Waals surface area contributed by atoms with Crippen LogP contribution in [0.25, 0.3) is 0 Å². The highest BCUT2D eigenvalue weighted by Gasteiger charge is 2.16. The summed E-state index contributed by atoms with van der Waals surface area (Å²) in [6, 6.07) is 0. The number of nitrogens with one attached hydrogen (secondary N) is 1. The summed E-state index contributed by atoms with van der Waals surface area (Å²) in [6.07, 6.45) is -0.0582. The molecule has 4 nitrogen and oxygen atoms in total. The van der Waals surface area contributed by atoms with Crippen LogP contribution in [0.15, 0.2) is 0 Å². The Labute approximate surface area is 87.3 Å². The molecule has 5 heteroatoms. The first-order valence-electron chi connectivity index (χ1n) is 4.32. The van der Waals surface area contributed by atoms with Gasteiger partial charge in [-0.05, 0) is 13.8 Å². The first kappa shape index (κ1) is 11.1. The number of carbonyl (C=O) groups is 1. The molecule has 1 unspecified atom stereocenters. The van der Waals surface area contributed by atoms with Gasteiger partial charge < -0.3 is 10.1 Å². The fourth-order valence-corrected chi connectivity index (χ4v) is 2.06. The maximum atomic E-state index is 11.4. The molecule has 1 rings (SSSR count). The molecule has 0 aliphatic carbocycles. The average molecular weight is 214 g/mol. The molecule has 0 aromatic carbocycles. The summed E-state index contributed by atoms with van der Waals surface area (Å²) >= 11 is 1.38. The van der Waals surface area contributed by atoms with Gasteiger partial charge in [-0.25, -0.2) is 4.98 Å². The number of nitrogens with zero attached hydrogens (tertiary/aromatic N) is 1. The van der Waals surface area contributed by atoms with Crippen LogP contribution in [0.1, 0.15) is 33.4 Å². The molecule has 0 fully saturated rings. The van der Waals surface area contributed by atoms with Crippen molar-refractivity contribution in [1.82, 2.24) is 10.3 Å². The van der Waals surface area contributed by atoms with Gasteiger partial charge in [-0.1, -0.05) is 0 Å². The third kappa shape index (κ3) is 2.10. The lowest BCUT2D eigenvalue weighted by atomic mass is 10.3. The van der Waals surface area contributed by atoms with Crippen molar-refractivity contribution < 1.29 is 9.53 Å². The zero-order valence-corrected chi connectivity index (χ0v) is 9.57. The Bertz CT molecular complexity index is 336. The zero-order chi connectivity index (χ0) is 10.7. The Morgan fingerprint density at radius 1 is 1.64 bits per heavy atom. The fourth-order valence-electron chi connectivity index (χ4n) is 1.02. The van der Waals surface area contributed by atoms with Crippen LogP contribution in [0.3, 0.4) is 0 Å². The predicted molar refractivity (Wildman–Crippen MR) is 55.7 cm³/mol. The monoisotopic (exact) mass is 214 g/mol. The van der Waals surface area contributed by atoms with Gasteiger partial charge in [0.1, 0.15) is 16.0 Å². The van der Waals surface area contributed by atoms with Crippen LogP contribution in [-0.2, 0) is 4.74 Å². The van der Waals surface area contributed by atoms with Crippen LogP contribution in [0, 0.1) is 6.92 Å². The molecule has 0 spiro atoms. The molecule has 1 atom stereocenters. The third-order valence-corrected chi connectivity index (χ3v) is 3.27. The van der Waals surface area contributed by atoms with Crippen LogP contribution in [0.2, 0.25) is 0 Å². The van der Waals surface area contributed by atoms with Gasteiger partial charge in [0.05, 0.1) is 5.69 Å². The molecule has 1 amide bonds. The first-order valence-corrected chi connectivity index (χ1v) is 5.14. The molecule has 1 heterocycles. The van der Waals surface area contributed by atoms with E-state index in [4.69, 9.17) is 4.74 Å². The van der Waals surface area contributed by atoms with Crippen molar-refractivity contribution >= 4 is 17.2 Å². The summed E-state index contributed by atoms with van der Waals surface area (Å²) < 4.78 is 5.13. The van der Waals surface area contributed by atoms with Crippen LogP contribution >= 0.6 is 11.3 Å². The molecule has 0 radical (unpaired) electrons. The molecule has 1 aromatic heterocycles. The fraction of sp³-hybridized carbons (Fsp3) is 0.556. The summed E-state index contributed by atoms with van der Waals surface area (Å²) in [5.74, 6) is -0.0884. The number of thiazole rings is 1. The van der Waals surface area contributed by atoms with Crippen LogP contribution in [-0.4, -0.2) is 25.0 Å². The molecule has 0 saturated heterocycles. The lowest BCUT2D eigenvalue weighted by Crippen LogP contribution is -2.17. The SMILES string of the molecule is CNC(=O)c1sc(C(C)OC)nc1C. The lowest BCUT2D eigenvalue weighted by molar-refractivity contribution is 0.0966.